The van der Waals surface area contributed by atoms with Gasteiger partial charge >= 0.3 is 0 Å². The molecule has 1 amide bonds. The number of rotatable bonds is 3. The van der Waals surface area contributed by atoms with Crippen LogP contribution in [0.25, 0.3) is 10.8 Å². The number of aryl methyl sites for hydroxylation is 1. The lowest BCUT2D eigenvalue weighted by molar-refractivity contribution is -0.383. The van der Waals surface area contributed by atoms with Gasteiger partial charge in [0.1, 0.15) is 5.82 Å². The average molecular weight is 314 g/mol. The number of piperidine rings is 1. The topological polar surface area (TPSA) is 102 Å². The standard InChI is InChI=1S/C16H18N4O3/c1-10-9-18-16(19-7-5-11(6-8-19)15(17)21)12-3-2-4-13(14(10)12)20(22)23/h2-4,9,11H,5-8H2,1H3,(H2,17,21). The molecule has 0 bridgehead atoms. The summed E-state index contributed by atoms with van der Waals surface area (Å²) in [5, 5.41) is 12.7. The van der Waals surface area contributed by atoms with E-state index in [4.69, 9.17) is 5.73 Å². The minimum Gasteiger partial charge on any atom is -0.369 e. The van der Waals surface area contributed by atoms with Crippen LogP contribution in [0.2, 0.25) is 0 Å². The number of non-ortho nitro benzene ring substituents is 1. The maximum atomic E-state index is 11.3. The molecule has 0 spiro atoms. The molecule has 0 radical (unpaired) electrons. The molecule has 2 aromatic rings. The fourth-order valence-electron chi connectivity index (χ4n) is 3.21. The molecule has 120 valence electrons. The van der Waals surface area contributed by atoms with Crippen LogP contribution in [-0.2, 0) is 4.79 Å². The van der Waals surface area contributed by atoms with E-state index in [0.29, 0.717) is 31.3 Å². The van der Waals surface area contributed by atoms with Gasteiger partial charge in [0.15, 0.2) is 0 Å². The quantitative estimate of drug-likeness (QED) is 0.690. The van der Waals surface area contributed by atoms with E-state index >= 15 is 0 Å². The number of anilines is 1. The van der Waals surface area contributed by atoms with Crippen molar-refractivity contribution in [1.82, 2.24) is 4.98 Å². The number of amides is 1. The van der Waals surface area contributed by atoms with Gasteiger partial charge in [-0.05, 0) is 25.3 Å². The van der Waals surface area contributed by atoms with E-state index < -0.39 is 0 Å². The summed E-state index contributed by atoms with van der Waals surface area (Å²) in [5.41, 5.74) is 6.24. The van der Waals surface area contributed by atoms with Crippen molar-refractivity contribution >= 4 is 28.2 Å². The Morgan fingerprint density at radius 1 is 1.39 bits per heavy atom. The molecular weight excluding hydrogens is 296 g/mol. The number of carbonyl (C=O) groups excluding carboxylic acids is 1. The summed E-state index contributed by atoms with van der Waals surface area (Å²) < 4.78 is 0. The highest BCUT2D eigenvalue weighted by Gasteiger charge is 2.26. The molecule has 7 heteroatoms. The number of pyridine rings is 1. The number of nitrogens with two attached hydrogens (primary N) is 1. The molecule has 2 N–H and O–H groups in total. The van der Waals surface area contributed by atoms with Crippen molar-refractivity contribution in [2.45, 2.75) is 19.8 Å². The Balaban J connectivity index is 2.03. The molecule has 1 aliphatic heterocycles. The molecule has 0 aliphatic carbocycles. The fraction of sp³-hybridized carbons (Fsp3) is 0.375. The van der Waals surface area contributed by atoms with Crippen molar-refractivity contribution in [3.05, 3.63) is 40.1 Å². The van der Waals surface area contributed by atoms with Gasteiger partial charge < -0.3 is 10.6 Å². The molecular formula is C16H18N4O3. The number of nitrogens with zero attached hydrogens (tertiary/aromatic N) is 3. The molecule has 1 aromatic heterocycles. The Morgan fingerprint density at radius 2 is 2.09 bits per heavy atom. The van der Waals surface area contributed by atoms with Crippen molar-refractivity contribution in [2.75, 3.05) is 18.0 Å². The average Bonchev–Trinajstić information content (AvgIpc) is 2.55. The lowest BCUT2D eigenvalue weighted by Gasteiger charge is -2.32. The SMILES string of the molecule is Cc1cnc(N2CCC(C(N)=O)CC2)c2cccc([N+](=O)[O-])c12. The number of benzene rings is 1. The minimum absolute atomic E-state index is 0.0932. The lowest BCUT2D eigenvalue weighted by Crippen LogP contribution is -2.39. The molecule has 1 aliphatic rings. The highest BCUT2D eigenvalue weighted by molar-refractivity contribution is 6.00. The van der Waals surface area contributed by atoms with Gasteiger partial charge in [-0.1, -0.05) is 12.1 Å². The number of hydrogen-bond acceptors (Lipinski definition) is 5. The summed E-state index contributed by atoms with van der Waals surface area (Å²) in [7, 11) is 0. The number of nitro benzene ring substituents is 1. The van der Waals surface area contributed by atoms with Crippen LogP contribution < -0.4 is 10.6 Å². The van der Waals surface area contributed by atoms with Crippen molar-refractivity contribution in [2.24, 2.45) is 11.7 Å². The minimum atomic E-state index is -0.363. The molecule has 1 aromatic carbocycles. The molecule has 0 unspecified atom stereocenters. The van der Waals surface area contributed by atoms with Gasteiger partial charge in [0.05, 0.1) is 10.3 Å². The zero-order valence-electron chi connectivity index (χ0n) is 12.9. The van der Waals surface area contributed by atoms with Gasteiger partial charge in [-0.3, -0.25) is 14.9 Å². The third-order valence-electron chi connectivity index (χ3n) is 4.45. The van der Waals surface area contributed by atoms with Gasteiger partial charge in [-0.25, -0.2) is 4.98 Å². The van der Waals surface area contributed by atoms with Gasteiger partial charge in [0, 0.05) is 36.7 Å². The first kappa shape index (κ1) is 15.2. The second-order valence-corrected chi connectivity index (χ2v) is 5.89. The molecule has 0 atom stereocenters. The number of nitro groups is 1. The second kappa shape index (κ2) is 5.83. The van der Waals surface area contributed by atoms with Crippen molar-refractivity contribution in [3.8, 4) is 0 Å². The summed E-state index contributed by atoms with van der Waals surface area (Å²) >= 11 is 0. The van der Waals surface area contributed by atoms with Crippen molar-refractivity contribution in [1.29, 1.82) is 0 Å². The third kappa shape index (κ3) is 2.69. The van der Waals surface area contributed by atoms with Crippen LogP contribution in [0.5, 0.6) is 0 Å². The number of fused-ring (bicyclic) bond motifs is 1. The number of aromatic nitrogens is 1. The largest absolute Gasteiger partial charge is 0.369 e. The van der Waals surface area contributed by atoms with Crippen molar-refractivity contribution < 1.29 is 9.72 Å². The Kier molecular flexibility index (Phi) is 3.85. The molecule has 0 saturated carbocycles. The number of primary amides is 1. The highest BCUT2D eigenvalue weighted by Crippen LogP contribution is 2.34. The van der Waals surface area contributed by atoms with Crippen LogP contribution in [0.3, 0.4) is 0 Å². The van der Waals surface area contributed by atoms with Crippen LogP contribution in [0.1, 0.15) is 18.4 Å². The molecule has 1 fully saturated rings. The van der Waals surface area contributed by atoms with E-state index in [9.17, 15) is 14.9 Å². The van der Waals surface area contributed by atoms with E-state index in [1.165, 1.54) is 6.07 Å². The zero-order chi connectivity index (χ0) is 16.6. The summed E-state index contributed by atoms with van der Waals surface area (Å²) in [4.78, 5) is 28.8. The predicted octanol–water partition coefficient (Wildman–Crippen LogP) is 2.15. The highest BCUT2D eigenvalue weighted by atomic mass is 16.6. The first-order valence-corrected chi connectivity index (χ1v) is 7.56. The summed E-state index contributed by atoms with van der Waals surface area (Å²) in [6, 6.07) is 5.05. The fourth-order valence-corrected chi connectivity index (χ4v) is 3.21. The van der Waals surface area contributed by atoms with Crippen LogP contribution in [-0.4, -0.2) is 28.9 Å². The maximum Gasteiger partial charge on any atom is 0.277 e. The Hall–Kier alpha value is -2.70. The third-order valence-corrected chi connectivity index (χ3v) is 4.45. The summed E-state index contributed by atoms with van der Waals surface area (Å²) in [6.45, 7) is 3.16. The van der Waals surface area contributed by atoms with Gasteiger partial charge in [0.25, 0.3) is 5.69 Å². The second-order valence-electron chi connectivity index (χ2n) is 5.89. The van der Waals surface area contributed by atoms with E-state index in [0.717, 1.165) is 16.8 Å². The number of hydrogen-bond donors (Lipinski definition) is 1. The first-order chi connectivity index (χ1) is 11.0. The Morgan fingerprint density at radius 3 is 2.70 bits per heavy atom. The van der Waals surface area contributed by atoms with Gasteiger partial charge in [-0.2, -0.15) is 0 Å². The predicted molar refractivity (Wildman–Crippen MR) is 87.3 cm³/mol. The summed E-state index contributed by atoms with van der Waals surface area (Å²) in [5.74, 6) is 0.372. The van der Waals surface area contributed by atoms with Crippen LogP contribution in [0.4, 0.5) is 11.5 Å². The molecule has 3 rings (SSSR count). The van der Waals surface area contributed by atoms with E-state index in [-0.39, 0.29) is 22.4 Å². The van der Waals surface area contributed by atoms with E-state index in [1.54, 1.807) is 12.3 Å². The van der Waals surface area contributed by atoms with Gasteiger partial charge in [-0.15, -0.1) is 0 Å². The Bertz CT molecular complexity index is 782. The van der Waals surface area contributed by atoms with E-state index in [1.807, 2.05) is 13.0 Å². The zero-order valence-corrected chi connectivity index (χ0v) is 12.9. The molecule has 7 nitrogen and oxygen atoms in total. The monoisotopic (exact) mass is 314 g/mol. The lowest BCUT2D eigenvalue weighted by atomic mass is 9.95. The molecule has 2 heterocycles. The van der Waals surface area contributed by atoms with E-state index in [2.05, 4.69) is 9.88 Å². The normalized spacial score (nSPS) is 15.8. The smallest absolute Gasteiger partial charge is 0.277 e. The number of carbonyl (C=O) groups is 1. The molecule has 23 heavy (non-hydrogen) atoms. The molecule has 1 saturated heterocycles. The summed E-state index contributed by atoms with van der Waals surface area (Å²) in [6.07, 6.45) is 3.04. The Labute approximate surface area is 133 Å². The maximum absolute atomic E-state index is 11.3. The van der Waals surface area contributed by atoms with Crippen LogP contribution in [0, 0.1) is 23.0 Å². The van der Waals surface area contributed by atoms with Crippen LogP contribution >= 0.6 is 0 Å². The van der Waals surface area contributed by atoms with Crippen molar-refractivity contribution in [3.63, 3.8) is 0 Å². The first-order valence-electron chi connectivity index (χ1n) is 7.56. The van der Waals surface area contributed by atoms with Gasteiger partial charge in [0.2, 0.25) is 5.91 Å². The van der Waals surface area contributed by atoms with Crippen LogP contribution in [0.15, 0.2) is 24.4 Å².